The number of carbonyl (C=O) groups excluding carboxylic acids is 1. The fourth-order valence-electron chi connectivity index (χ4n) is 2.09. The maximum absolute atomic E-state index is 12.2. The molecule has 0 fully saturated rings. The Balaban J connectivity index is 2.00. The largest absolute Gasteiger partial charge is 0.378 e. The van der Waals surface area contributed by atoms with E-state index in [0.29, 0.717) is 6.54 Å². The Labute approximate surface area is 153 Å². The van der Waals surface area contributed by atoms with Gasteiger partial charge in [0.25, 0.3) is 10.0 Å². The fourth-order valence-corrected chi connectivity index (χ4v) is 2.89. The number of carbonyl (C=O) groups is 1. The molecule has 2 N–H and O–H groups in total. The zero-order chi connectivity index (χ0) is 19.2. The third-order valence-electron chi connectivity index (χ3n) is 3.57. The minimum atomic E-state index is -3.74. The number of nitrogens with zero attached hydrogens (tertiary/aromatic N) is 2. The van der Waals surface area contributed by atoms with Gasteiger partial charge in [0.2, 0.25) is 5.91 Å². The molecule has 7 nitrogen and oxygen atoms in total. The van der Waals surface area contributed by atoms with E-state index in [1.807, 2.05) is 43.3 Å². The van der Waals surface area contributed by atoms with Crippen LogP contribution < -0.4 is 15.0 Å². The van der Waals surface area contributed by atoms with E-state index in [9.17, 15) is 13.2 Å². The Kier molecular flexibility index (Phi) is 6.35. The molecule has 2 aromatic carbocycles. The molecule has 0 atom stereocenters. The predicted molar refractivity (Wildman–Crippen MR) is 103 cm³/mol. The van der Waals surface area contributed by atoms with Crippen molar-refractivity contribution in [2.75, 3.05) is 19.0 Å². The molecule has 0 unspecified atom stereocenters. The highest BCUT2D eigenvalue weighted by Gasteiger charge is 2.12. The smallest absolute Gasteiger partial charge is 0.276 e. The lowest BCUT2D eigenvalue weighted by atomic mass is 10.2. The maximum atomic E-state index is 12.2. The standard InChI is InChI=1S/C18H22N4O3S/c1-14(23)19-12-15-6-10-18(11-7-15)26(24,25)21-20-13-16-4-8-17(9-5-16)22(2)3/h4-11,13,21H,12H2,1-3H3,(H,19,23)/b20-13-. The Morgan fingerprint density at radius 1 is 1.08 bits per heavy atom. The maximum Gasteiger partial charge on any atom is 0.276 e. The molecule has 0 spiro atoms. The van der Waals surface area contributed by atoms with Crippen molar-refractivity contribution in [3.63, 3.8) is 0 Å². The summed E-state index contributed by atoms with van der Waals surface area (Å²) in [5, 5.41) is 6.47. The van der Waals surface area contributed by atoms with E-state index in [1.165, 1.54) is 25.3 Å². The van der Waals surface area contributed by atoms with Crippen molar-refractivity contribution in [3.05, 3.63) is 59.7 Å². The van der Waals surface area contributed by atoms with E-state index < -0.39 is 10.0 Å². The second-order valence-corrected chi connectivity index (χ2v) is 7.55. The molecule has 0 aliphatic carbocycles. The SMILES string of the molecule is CC(=O)NCc1ccc(S(=O)(=O)N/N=C\c2ccc(N(C)C)cc2)cc1. The topological polar surface area (TPSA) is 90.9 Å². The monoisotopic (exact) mass is 374 g/mol. The molecule has 0 aliphatic heterocycles. The summed E-state index contributed by atoms with van der Waals surface area (Å²) in [4.78, 5) is 15.2. The van der Waals surface area contributed by atoms with E-state index in [-0.39, 0.29) is 10.8 Å². The van der Waals surface area contributed by atoms with Crippen LogP contribution in [-0.2, 0) is 21.4 Å². The van der Waals surface area contributed by atoms with Gasteiger partial charge in [0.05, 0.1) is 11.1 Å². The third-order valence-corrected chi connectivity index (χ3v) is 4.81. The lowest BCUT2D eigenvalue weighted by Gasteiger charge is -2.11. The third kappa shape index (κ3) is 5.59. The molecular formula is C18H22N4O3S. The van der Waals surface area contributed by atoms with Crippen molar-refractivity contribution in [3.8, 4) is 0 Å². The van der Waals surface area contributed by atoms with Crippen molar-refractivity contribution in [2.24, 2.45) is 5.10 Å². The van der Waals surface area contributed by atoms with Crippen LogP contribution in [0.3, 0.4) is 0 Å². The summed E-state index contributed by atoms with van der Waals surface area (Å²) in [6.07, 6.45) is 1.45. The first-order valence-electron chi connectivity index (χ1n) is 7.93. The number of hydrogen-bond donors (Lipinski definition) is 2. The lowest BCUT2D eigenvalue weighted by Crippen LogP contribution is -2.20. The van der Waals surface area contributed by atoms with Crippen molar-refractivity contribution in [1.29, 1.82) is 0 Å². The Morgan fingerprint density at radius 3 is 2.23 bits per heavy atom. The van der Waals surface area contributed by atoms with Crippen LogP contribution in [0.1, 0.15) is 18.1 Å². The molecule has 138 valence electrons. The van der Waals surface area contributed by atoms with Gasteiger partial charge in [-0.15, -0.1) is 0 Å². The molecule has 0 saturated heterocycles. The summed E-state index contributed by atoms with van der Waals surface area (Å²) < 4.78 is 24.5. The van der Waals surface area contributed by atoms with Crippen molar-refractivity contribution in [1.82, 2.24) is 10.1 Å². The molecule has 2 rings (SSSR count). The zero-order valence-electron chi connectivity index (χ0n) is 14.9. The molecule has 26 heavy (non-hydrogen) atoms. The number of anilines is 1. The quantitative estimate of drug-likeness (QED) is 0.570. The van der Waals surface area contributed by atoms with E-state index in [4.69, 9.17) is 0 Å². The Hall–Kier alpha value is -2.87. The first-order chi connectivity index (χ1) is 12.3. The number of hydrazone groups is 1. The molecule has 0 heterocycles. The second kappa shape index (κ2) is 8.48. The number of hydrogen-bond acceptors (Lipinski definition) is 5. The Bertz CT molecular complexity index is 874. The van der Waals surface area contributed by atoms with Crippen LogP contribution in [0.5, 0.6) is 0 Å². The molecule has 2 aromatic rings. The van der Waals surface area contributed by atoms with Crippen molar-refractivity contribution < 1.29 is 13.2 Å². The molecule has 8 heteroatoms. The van der Waals surface area contributed by atoms with Gasteiger partial charge in [0, 0.05) is 33.3 Å². The summed E-state index contributed by atoms with van der Waals surface area (Å²) in [5.41, 5.74) is 2.63. The summed E-state index contributed by atoms with van der Waals surface area (Å²) in [5.74, 6) is -0.142. The molecule has 0 saturated carbocycles. The lowest BCUT2D eigenvalue weighted by molar-refractivity contribution is -0.119. The minimum absolute atomic E-state index is 0.101. The van der Waals surface area contributed by atoms with Crippen LogP contribution in [0.15, 0.2) is 58.5 Å². The van der Waals surface area contributed by atoms with E-state index in [0.717, 1.165) is 16.8 Å². The van der Waals surface area contributed by atoms with Crippen LogP contribution in [0.4, 0.5) is 5.69 Å². The summed E-state index contributed by atoms with van der Waals surface area (Å²) >= 11 is 0. The summed E-state index contributed by atoms with van der Waals surface area (Å²) in [7, 11) is 0.143. The number of benzene rings is 2. The van der Waals surface area contributed by atoms with Gasteiger partial charge >= 0.3 is 0 Å². The van der Waals surface area contributed by atoms with Crippen molar-refractivity contribution in [2.45, 2.75) is 18.4 Å². The summed E-state index contributed by atoms with van der Waals surface area (Å²) in [6, 6.07) is 13.8. The van der Waals surface area contributed by atoms with Gasteiger partial charge in [-0.05, 0) is 35.4 Å². The molecule has 0 aliphatic rings. The highest BCUT2D eigenvalue weighted by atomic mass is 32.2. The van der Waals surface area contributed by atoms with Gasteiger partial charge in [-0.25, -0.2) is 4.83 Å². The van der Waals surface area contributed by atoms with E-state index in [2.05, 4.69) is 15.2 Å². The number of sulfonamides is 1. The highest BCUT2D eigenvalue weighted by Crippen LogP contribution is 2.12. The van der Waals surface area contributed by atoms with Crippen LogP contribution in [-0.4, -0.2) is 34.6 Å². The van der Waals surface area contributed by atoms with Gasteiger partial charge in [0.1, 0.15) is 0 Å². The van der Waals surface area contributed by atoms with Crippen LogP contribution in [0.25, 0.3) is 0 Å². The number of nitrogens with one attached hydrogen (secondary N) is 2. The molecule has 0 bridgehead atoms. The molecule has 0 aromatic heterocycles. The minimum Gasteiger partial charge on any atom is -0.378 e. The molecular weight excluding hydrogens is 352 g/mol. The zero-order valence-corrected chi connectivity index (χ0v) is 15.7. The Morgan fingerprint density at radius 2 is 1.69 bits per heavy atom. The second-order valence-electron chi connectivity index (χ2n) is 5.89. The van der Waals surface area contributed by atoms with Crippen molar-refractivity contribution >= 4 is 27.8 Å². The normalized spacial score (nSPS) is 11.3. The predicted octanol–water partition coefficient (Wildman–Crippen LogP) is 1.70. The number of rotatable bonds is 7. The first kappa shape index (κ1) is 19.5. The average Bonchev–Trinajstić information content (AvgIpc) is 2.60. The van der Waals surface area contributed by atoms with Gasteiger partial charge in [-0.3, -0.25) is 4.79 Å². The molecule has 1 amide bonds. The average molecular weight is 374 g/mol. The van der Waals surface area contributed by atoms with Gasteiger partial charge < -0.3 is 10.2 Å². The fraction of sp³-hybridized carbons (Fsp3) is 0.222. The number of amides is 1. The van der Waals surface area contributed by atoms with Crippen LogP contribution in [0, 0.1) is 0 Å². The van der Waals surface area contributed by atoms with Crippen LogP contribution in [0.2, 0.25) is 0 Å². The first-order valence-corrected chi connectivity index (χ1v) is 9.42. The van der Waals surface area contributed by atoms with E-state index in [1.54, 1.807) is 12.1 Å². The van der Waals surface area contributed by atoms with Gasteiger partial charge in [0.15, 0.2) is 0 Å². The molecule has 0 radical (unpaired) electrons. The highest BCUT2D eigenvalue weighted by molar-refractivity contribution is 7.89. The summed E-state index contributed by atoms with van der Waals surface area (Å²) in [6.45, 7) is 1.78. The van der Waals surface area contributed by atoms with Crippen LogP contribution >= 0.6 is 0 Å². The van der Waals surface area contributed by atoms with Gasteiger partial charge in [-0.1, -0.05) is 24.3 Å². The van der Waals surface area contributed by atoms with E-state index >= 15 is 0 Å². The van der Waals surface area contributed by atoms with Gasteiger partial charge in [-0.2, -0.15) is 13.5 Å².